The smallest absolute Gasteiger partial charge is 0.355 e. The molecular weight excluding hydrogens is 763 g/mol. The number of allylic oxidation sites excluding steroid dienone is 2. The van der Waals surface area contributed by atoms with Crippen molar-refractivity contribution in [3.63, 3.8) is 0 Å². The summed E-state index contributed by atoms with van der Waals surface area (Å²) < 4.78 is 15.6. The summed E-state index contributed by atoms with van der Waals surface area (Å²) in [5.41, 5.74) is 12.8. The van der Waals surface area contributed by atoms with Crippen LogP contribution in [0.4, 0.5) is 10.9 Å². The molecule has 5 fully saturated rings. The lowest BCUT2D eigenvalue weighted by atomic mass is 9.39. The molecule has 1 saturated heterocycles. The fraction of sp³-hybridized carbons (Fsp3) is 0.556. The fourth-order valence-electron chi connectivity index (χ4n) is 12.9. The van der Waals surface area contributed by atoms with Crippen LogP contribution in [0.1, 0.15) is 101 Å². The molecule has 0 spiro atoms. The van der Waals surface area contributed by atoms with E-state index in [0.29, 0.717) is 17.9 Å². The molecule has 7 aliphatic rings. The van der Waals surface area contributed by atoms with Crippen molar-refractivity contribution in [3.05, 3.63) is 70.7 Å². The number of pyridine rings is 1. The van der Waals surface area contributed by atoms with Gasteiger partial charge in [0.25, 0.3) is 0 Å². The van der Waals surface area contributed by atoms with Crippen molar-refractivity contribution < 1.29 is 19.4 Å². The van der Waals surface area contributed by atoms with E-state index in [0.717, 1.165) is 107 Å². The van der Waals surface area contributed by atoms with Crippen LogP contribution in [0.3, 0.4) is 0 Å². The predicted molar refractivity (Wildman–Crippen MR) is 230 cm³/mol. The number of ether oxygens (including phenoxy) is 2. The maximum absolute atomic E-state index is 13.0. The summed E-state index contributed by atoms with van der Waals surface area (Å²) in [6, 6.07) is 9.76. The highest BCUT2D eigenvalue weighted by atomic mass is 32.1. The molecule has 312 valence electrons. The molecular formula is C45H57N9O4S. The van der Waals surface area contributed by atoms with Gasteiger partial charge in [0.1, 0.15) is 23.2 Å². The summed E-state index contributed by atoms with van der Waals surface area (Å²) in [7, 11) is 1.66. The van der Waals surface area contributed by atoms with Crippen LogP contribution < -0.4 is 25.8 Å². The number of thiazole rings is 1. The van der Waals surface area contributed by atoms with Gasteiger partial charge in [-0.15, -0.1) is 0 Å². The average Bonchev–Trinajstić information content (AvgIpc) is 3.94. The van der Waals surface area contributed by atoms with Crippen LogP contribution >= 0.6 is 11.3 Å². The molecule has 0 radical (unpaired) electrons. The normalized spacial score (nSPS) is 28.9. The van der Waals surface area contributed by atoms with Gasteiger partial charge in [-0.05, 0) is 137 Å². The van der Waals surface area contributed by atoms with Crippen LogP contribution in [0.15, 0.2) is 59.3 Å². The third kappa shape index (κ3) is 6.94. The van der Waals surface area contributed by atoms with Crippen LogP contribution in [-0.2, 0) is 11.3 Å². The van der Waals surface area contributed by atoms with Gasteiger partial charge in [0.2, 0.25) is 0 Å². The Labute approximate surface area is 350 Å². The third-order valence-electron chi connectivity index (χ3n) is 14.2. The number of nitrogens with one attached hydrogen (secondary N) is 3. The lowest BCUT2D eigenvalue weighted by molar-refractivity contribution is -0.248. The summed E-state index contributed by atoms with van der Waals surface area (Å²) in [5, 5.41) is 19.9. The number of hydrogen-bond donors (Lipinski definition) is 4. The summed E-state index contributed by atoms with van der Waals surface area (Å²) in [6.45, 7) is 14.9. The van der Waals surface area contributed by atoms with Gasteiger partial charge in [0.05, 0.1) is 35.7 Å². The number of aromatic nitrogens is 4. The Morgan fingerprint density at radius 1 is 0.949 bits per heavy atom. The topological polar surface area (TPSA) is 142 Å². The number of rotatable bonds is 12. The number of carbonyl (C=O) groups is 1. The highest BCUT2D eigenvalue weighted by Crippen LogP contribution is 2.72. The summed E-state index contributed by atoms with van der Waals surface area (Å²) in [5.74, 6) is 2.02. The minimum absolute atomic E-state index is 0.0314. The SMILES string of the molecule is COc1ccc2sc(NC3=C(C)C4=C(NN3)N(c3ccc(-c5cnn(CC67CC8(C)CC(C)(C6)CC(OCCN6CCCC6)(C8)C7)c5C)c(C(=O)O)n3)CCC4)nc2c1. The highest BCUT2D eigenvalue weighted by Gasteiger charge is 2.66. The molecule has 4 aliphatic carbocycles. The Hall–Kier alpha value is -4.66. The van der Waals surface area contributed by atoms with Gasteiger partial charge in [-0.1, -0.05) is 25.2 Å². The number of benzene rings is 1. The molecule has 3 aromatic heterocycles. The van der Waals surface area contributed by atoms with Crippen LogP contribution in [0, 0.1) is 23.2 Å². The van der Waals surface area contributed by atoms with Crippen molar-refractivity contribution in [1.82, 2.24) is 35.5 Å². The number of methoxy groups -OCH3 is 1. The highest BCUT2D eigenvalue weighted by molar-refractivity contribution is 7.22. The van der Waals surface area contributed by atoms with Crippen LogP contribution in [0.25, 0.3) is 21.3 Å². The molecule has 3 aliphatic heterocycles. The third-order valence-corrected chi connectivity index (χ3v) is 15.2. The second kappa shape index (κ2) is 14.2. The number of nitrogens with zero attached hydrogens (tertiary/aromatic N) is 6. The van der Waals surface area contributed by atoms with Gasteiger partial charge < -0.3 is 29.7 Å². The predicted octanol–water partition coefficient (Wildman–Crippen LogP) is 8.06. The van der Waals surface area contributed by atoms with E-state index < -0.39 is 5.97 Å². The Morgan fingerprint density at radius 3 is 2.51 bits per heavy atom. The van der Waals surface area contributed by atoms with Crippen molar-refractivity contribution in [2.45, 2.75) is 104 Å². The number of aromatic carboxylic acids is 1. The lowest BCUT2D eigenvalue weighted by Gasteiger charge is -2.69. The fourth-order valence-corrected chi connectivity index (χ4v) is 13.8. The molecule has 2 atom stereocenters. The summed E-state index contributed by atoms with van der Waals surface area (Å²) in [6.07, 6.45) is 13.2. The second-order valence-corrected chi connectivity index (χ2v) is 20.3. The number of carboxylic acid groups (broad SMARTS) is 1. The van der Waals surface area contributed by atoms with Crippen molar-refractivity contribution in [2.75, 3.05) is 50.1 Å². The first-order valence-electron chi connectivity index (χ1n) is 21.4. The van der Waals surface area contributed by atoms with Crippen molar-refractivity contribution in [2.24, 2.45) is 16.2 Å². The van der Waals surface area contributed by atoms with E-state index in [-0.39, 0.29) is 27.5 Å². The van der Waals surface area contributed by atoms with Crippen molar-refractivity contribution in [3.8, 4) is 16.9 Å². The number of hydrogen-bond acceptors (Lipinski definition) is 12. The molecule has 59 heavy (non-hydrogen) atoms. The first kappa shape index (κ1) is 38.5. The van der Waals surface area contributed by atoms with Crippen LogP contribution in [0.2, 0.25) is 0 Å². The maximum Gasteiger partial charge on any atom is 0.355 e. The zero-order valence-corrected chi connectivity index (χ0v) is 35.9. The minimum atomic E-state index is -1.05. The summed E-state index contributed by atoms with van der Waals surface area (Å²) >= 11 is 1.58. The second-order valence-electron chi connectivity index (χ2n) is 19.2. The molecule has 6 heterocycles. The molecule has 1 aromatic carbocycles. The molecule has 4 N–H and O–H groups in total. The monoisotopic (exact) mass is 819 g/mol. The molecule has 4 bridgehead atoms. The largest absolute Gasteiger partial charge is 0.497 e. The first-order valence-corrected chi connectivity index (χ1v) is 22.2. The zero-order chi connectivity index (χ0) is 40.7. The quantitative estimate of drug-likeness (QED) is 0.110. The molecule has 4 saturated carbocycles. The van der Waals surface area contributed by atoms with E-state index in [2.05, 4.69) is 58.3 Å². The van der Waals surface area contributed by atoms with Crippen LogP contribution in [0.5, 0.6) is 5.75 Å². The number of likely N-dealkylation sites (tertiary alicyclic amines) is 1. The average molecular weight is 820 g/mol. The standard InChI is InChI=1S/C45H57N9O4S/c1-28-31-9-8-16-53(39(31)51-50-38(28)49-41-47-34-19-30(57-5)10-12-35(34)59-41)36-13-11-32(37(48-36)40(55)56)33-20-46-54(29(33)2)27-44-22-42(3)21-43(4,23-44)25-45(24-42,26-44)58-18-17-52-14-6-7-15-52/h10-13,19-20,50-51H,6-9,14-18,21-27H2,1-5H3,(H,47,49)(H,55,56). The Bertz CT molecular complexity index is 2380. The molecule has 14 heteroatoms. The first-order chi connectivity index (χ1) is 28.3. The molecule has 0 amide bonds. The zero-order valence-electron chi connectivity index (χ0n) is 35.0. The van der Waals surface area contributed by atoms with Crippen molar-refractivity contribution in [1.29, 1.82) is 0 Å². The van der Waals surface area contributed by atoms with E-state index in [1.165, 1.54) is 45.2 Å². The maximum atomic E-state index is 13.0. The number of carboxylic acids is 1. The van der Waals surface area contributed by atoms with E-state index in [9.17, 15) is 9.90 Å². The van der Waals surface area contributed by atoms with Gasteiger partial charge in [-0.2, -0.15) is 5.10 Å². The van der Waals surface area contributed by atoms with Gasteiger partial charge in [-0.25, -0.2) is 14.8 Å². The van der Waals surface area contributed by atoms with E-state index in [1.807, 2.05) is 36.5 Å². The minimum Gasteiger partial charge on any atom is -0.497 e. The Morgan fingerprint density at radius 2 is 1.75 bits per heavy atom. The Balaban J connectivity index is 0.895. The van der Waals surface area contributed by atoms with E-state index >= 15 is 0 Å². The Kier molecular flexibility index (Phi) is 9.29. The van der Waals surface area contributed by atoms with Gasteiger partial charge in [-0.3, -0.25) is 15.5 Å². The molecule has 13 nitrogen and oxygen atoms in total. The van der Waals surface area contributed by atoms with Gasteiger partial charge >= 0.3 is 5.97 Å². The van der Waals surface area contributed by atoms with Crippen molar-refractivity contribution >= 4 is 38.5 Å². The molecule has 4 aromatic rings. The van der Waals surface area contributed by atoms with E-state index in [4.69, 9.17) is 24.5 Å². The summed E-state index contributed by atoms with van der Waals surface area (Å²) in [4.78, 5) is 27.3. The number of anilines is 2. The lowest BCUT2D eigenvalue weighted by Crippen LogP contribution is -2.64. The van der Waals surface area contributed by atoms with Gasteiger partial charge in [0.15, 0.2) is 10.8 Å². The number of hydrazine groups is 1. The van der Waals surface area contributed by atoms with Crippen LogP contribution in [-0.4, -0.2) is 81.2 Å². The number of fused-ring (bicyclic) bond motifs is 1. The van der Waals surface area contributed by atoms with Gasteiger partial charge in [0, 0.05) is 48.1 Å². The van der Waals surface area contributed by atoms with E-state index in [1.54, 1.807) is 18.4 Å². The molecule has 11 rings (SSSR count). The molecule has 2 unspecified atom stereocenters.